The van der Waals surface area contributed by atoms with E-state index in [0.717, 1.165) is 25.0 Å². The molecule has 0 aliphatic carbocycles. The maximum Gasteiger partial charge on any atom is 0.123 e. The number of benzene rings is 1. The van der Waals surface area contributed by atoms with Crippen LogP contribution in [0.3, 0.4) is 0 Å². The molecule has 1 aliphatic rings. The zero-order chi connectivity index (χ0) is 9.97. The Morgan fingerprint density at radius 2 is 2.00 bits per heavy atom. The summed E-state index contributed by atoms with van der Waals surface area (Å²) < 4.78 is 19.0. The van der Waals surface area contributed by atoms with E-state index in [2.05, 4.69) is 22.6 Å². The first-order valence-corrected chi connectivity index (χ1v) is 6.01. The van der Waals surface area contributed by atoms with Crippen LogP contribution in [0.4, 0.5) is 4.39 Å². The molecule has 1 aromatic rings. The lowest BCUT2D eigenvalue weighted by Gasteiger charge is -2.26. The molecule has 1 nitrogen and oxygen atoms in total. The van der Waals surface area contributed by atoms with Crippen molar-refractivity contribution < 1.29 is 9.13 Å². The molecule has 2 rings (SSSR count). The van der Waals surface area contributed by atoms with Crippen LogP contribution in [0.2, 0.25) is 0 Å². The Kier molecular flexibility index (Phi) is 3.38. The van der Waals surface area contributed by atoms with Crippen LogP contribution in [0.15, 0.2) is 24.3 Å². The summed E-state index contributed by atoms with van der Waals surface area (Å²) in [4.78, 5) is 0. The Hall–Kier alpha value is -0.160. The van der Waals surface area contributed by atoms with Crippen molar-refractivity contribution >= 4 is 22.6 Å². The van der Waals surface area contributed by atoms with Crippen LogP contribution in [-0.4, -0.2) is 10.5 Å². The second-order valence-corrected chi connectivity index (χ2v) is 5.29. The fourth-order valence-electron chi connectivity index (χ4n) is 1.67. The van der Waals surface area contributed by atoms with Gasteiger partial charge >= 0.3 is 0 Å². The van der Waals surface area contributed by atoms with Crippen LogP contribution in [0, 0.1) is 5.82 Å². The summed E-state index contributed by atoms with van der Waals surface area (Å²) in [6.45, 7) is 0.815. The Bertz CT molecular complexity index is 299. The van der Waals surface area contributed by atoms with Gasteiger partial charge in [0, 0.05) is 10.5 Å². The standard InChI is InChI=1S/C11H12FIO/c12-9-3-1-8(2-4-9)11-7-10(13)5-6-14-11/h1-4,10-11H,5-7H2. The van der Waals surface area contributed by atoms with E-state index in [9.17, 15) is 4.39 Å². The van der Waals surface area contributed by atoms with Crippen LogP contribution in [-0.2, 0) is 4.74 Å². The van der Waals surface area contributed by atoms with Crippen molar-refractivity contribution in [2.24, 2.45) is 0 Å². The van der Waals surface area contributed by atoms with Gasteiger partial charge in [-0.25, -0.2) is 4.39 Å². The predicted octanol–water partition coefficient (Wildman–Crippen LogP) is 3.48. The summed E-state index contributed by atoms with van der Waals surface area (Å²) in [5, 5.41) is 0. The summed E-state index contributed by atoms with van der Waals surface area (Å²) in [6, 6.07) is 6.62. The minimum Gasteiger partial charge on any atom is -0.373 e. The van der Waals surface area contributed by atoms with E-state index in [4.69, 9.17) is 4.74 Å². The first-order chi connectivity index (χ1) is 6.75. The first kappa shape index (κ1) is 10.4. The molecular weight excluding hydrogens is 294 g/mol. The Labute approximate surface area is 96.8 Å². The van der Waals surface area contributed by atoms with Crippen molar-refractivity contribution in [1.29, 1.82) is 0 Å². The largest absolute Gasteiger partial charge is 0.373 e. The van der Waals surface area contributed by atoms with Crippen LogP contribution < -0.4 is 0 Å². The zero-order valence-electron chi connectivity index (χ0n) is 7.75. The molecule has 0 radical (unpaired) electrons. The highest BCUT2D eigenvalue weighted by Gasteiger charge is 2.21. The molecule has 14 heavy (non-hydrogen) atoms. The molecule has 2 unspecified atom stereocenters. The molecule has 2 atom stereocenters. The maximum atomic E-state index is 12.7. The molecule has 1 heterocycles. The molecule has 0 aromatic heterocycles. The van der Waals surface area contributed by atoms with Crippen molar-refractivity contribution in [3.05, 3.63) is 35.6 Å². The molecule has 0 saturated carbocycles. The average molecular weight is 306 g/mol. The summed E-state index contributed by atoms with van der Waals surface area (Å²) in [6.07, 6.45) is 2.32. The van der Waals surface area contributed by atoms with E-state index < -0.39 is 0 Å². The predicted molar refractivity (Wildman–Crippen MR) is 62.1 cm³/mol. The van der Waals surface area contributed by atoms with E-state index in [1.165, 1.54) is 12.1 Å². The van der Waals surface area contributed by atoms with Gasteiger partial charge < -0.3 is 4.74 Å². The lowest BCUT2D eigenvalue weighted by atomic mass is 10.0. The Morgan fingerprint density at radius 3 is 2.64 bits per heavy atom. The molecule has 76 valence electrons. The first-order valence-electron chi connectivity index (χ1n) is 4.77. The molecule has 0 spiro atoms. The van der Waals surface area contributed by atoms with Gasteiger partial charge in [-0.15, -0.1) is 0 Å². The monoisotopic (exact) mass is 306 g/mol. The maximum absolute atomic E-state index is 12.7. The Balaban J connectivity index is 2.10. The average Bonchev–Trinajstić information content (AvgIpc) is 2.19. The fourth-order valence-corrected chi connectivity index (χ4v) is 2.38. The van der Waals surface area contributed by atoms with E-state index >= 15 is 0 Å². The van der Waals surface area contributed by atoms with Crippen LogP contribution in [0.25, 0.3) is 0 Å². The number of hydrogen-bond acceptors (Lipinski definition) is 1. The third kappa shape index (κ3) is 2.45. The quantitative estimate of drug-likeness (QED) is 0.570. The lowest BCUT2D eigenvalue weighted by molar-refractivity contribution is 0.0199. The number of ether oxygens (including phenoxy) is 1. The smallest absolute Gasteiger partial charge is 0.123 e. The van der Waals surface area contributed by atoms with Gasteiger partial charge in [0.1, 0.15) is 5.82 Å². The molecule has 1 aliphatic heterocycles. The van der Waals surface area contributed by atoms with Crippen LogP contribution >= 0.6 is 22.6 Å². The number of alkyl halides is 1. The van der Waals surface area contributed by atoms with Crippen LogP contribution in [0.1, 0.15) is 24.5 Å². The molecule has 1 aromatic carbocycles. The summed E-state index contributed by atoms with van der Waals surface area (Å²) in [5.74, 6) is -0.185. The van der Waals surface area contributed by atoms with Crippen molar-refractivity contribution in [1.82, 2.24) is 0 Å². The fraction of sp³-hybridized carbons (Fsp3) is 0.455. The van der Waals surface area contributed by atoms with Gasteiger partial charge in [0.25, 0.3) is 0 Å². The van der Waals surface area contributed by atoms with E-state index in [1.54, 1.807) is 0 Å². The van der Waals surface area contributed by atoms with Crippen LogP contribution in [0.5, 0.6) is 0 Å². The molecule has 0 N–H and O–H groups in total. The third-order valence-corrected chi connectivity index (χ3v) is 3.59. The minimum atomic E-state index is -0.185. The van der Waals surface area contributed by atoms with Crippen molar-refractivity contribution in [2.75, 3.05) is 6.61 Å². The molecule has 3 heteroatoms. The second-order valence-electron chi connectivity index (χ2n) is 3.53. The number of halogens is 2. The molecule has 1 fully saturated rings. The van der Waals surface area contributed by atoms with Crippen molar-refractivity contribution in [2.45, 2.75) is 22.9 Å². The highest BCUT2D eigenvalue weighted by atomic mass is 127. The summed E-state index contributed by atoms with van der Waals surface area (Å²) in [5.41, 5.74) is 1.09. The second kappa shape index (κ2) is 4.57. The molecule has 0 amide bonds. The lowest BCUT2D eigenvalue weighted by Crippen LogP contribution is -2.19. The van der Waals surface area contributed by atoms with Crippen molar-refractivity contribution in [3.8, 4) is 0 Å². The van der Waals surface area contributed by atoms with Gasteiger partial charge in [0.2, 0.25) is 0 Å². The van der Waals surface area contributed by atoms with Gasteiger partial charge in [-0.1, -0.05) is 34.7 Å². The van der Waals surface area contributed by atoms with Gasteiger partial charge in [-0.2, -0.15) is 0 Å². The Morgan fingerprint density at radius 1 is 1.29 bits per heavy atom. The van der Waals surface area contributed by atoms with E-state index in [1.807, 2.05) is 12.1 Å². The SMILES string of the molecule is Fc1ccc(C2CC(I)CCO2)cc1. The van der Waals surface area contributed by atoms with E-state index in [0.29, 0.717) is 3.92 Å². The van der Waals surface area contributed by atoms with Gasteiger partial charge in [0.05, 0.1) is 6.10 Å². The summed E-state index contributed by atoms with van der Waals surface area (Å²) >= 11 is 2.45. The van der Waals surface area contributed by atoms with Gasteiger partial charge in [-0.05, 0) is 30.5 Å². The highest BCUT2D eigenvalue weighted by Crippen LogP contribution is 2.31. The summed E-state index contributed by atoms with van der Waals surface area (Å²) in [7, 11) is 0. The molecular formula is C11H12FIO. The topological polar surface area (TPSA) is 9.23 Å². The van der Waals surface area contributed by atoms with Gasteiger partial charge in [0.15, 0.2) is 0 Å². The third-order valence-electron chi connectivity index (χ3n) is 2.46. The number of hydrogen-bond donors (Lipinski definition) is 0. The highest BCUT2D eigenvalue weighted by molar-refractivity contribution is 14.1. The van der Waals surface area contributed by atoms with E-state index in [-0.39, 0.29) is 11.9 Å². The zero-order valence-corrected chi connectivity index (χ0v) is 9.91. The minimum absolute atomic E-state index is 0.159. The molecule has 1 saturated heterocycles. The van der Waals surface area contributed by atoms with Crippen molar-refractivity contribution in [3.63, 3.8) is 0 Å². The number of rotatable bonds is 1. The molecule has 0 bridgehead atoms. The normalized spacial score (nSPS) is 27.6. The van der Waals surface area contributed by atoms with Gasteiger partial charge in [-0.3, -0.25) is 0 Å².